The van der Waals surface area contributed by atoms with E-state index in [1.54, 1.807) is 50.4 Å². The molecule has 0 heterocycles. The van der Waals surface area contributed by atoms with Crippen molar-refractivity contribution in [1.82, 2.24) is 0 Å². The topological polar surface area (TPSA) is 95.5 Å². The Kier molecular flexibility index (Phi) is 10.5. The van der Waals surface area contributed by atoms with E-state index in [2.05, 4.69) is 42.3 Å². The van der Waals surface area contributed by atoms with Gasteiger partial charge in [0.1, 0.15) is 11.5 Å². The Morgan fingerprint density at radius 3 is 2.17 bits per heavy atom. The van der Waals surface area contributed by atoms with Crippen LogP contribution in [0.25, 0.3) is 11.1 Å². The number of para-hydroxylation sites is 1. The van der Waals surface area contributed by atoms with Gasteiger partial charge in [0.15, 0.2) is 11.5 Å². The molecule has 0 spiro atoms. The number of esters is 1. The van der Waals surface area contributed by atoms with Crippen molar-refractivity contribution in [3.63, 3.8) is 0 Å². The summed E-state index contributed by atoms with van der Waals surface area (Å²) in [6.45, 7) is 1.45. The van der Waals surface area contributed by atoms with Gasteiger partial charge in [-0.15, -0.1) is 0 Å². The normalized spacial score (nSPS) is 11.0. The van der Waals surface area contributed by atoms with Crippen LogP contribution in [0.3, 0.4) is 0 Å². The maximum Gasteiger partial charge on any atom is 0.347 e. The van der Waals surface area contributed by atoms with Crippen molar-refractivity contribution < 1.29 is 28.6 Å². The van der Waals surface area contributed by atoms with Gasteiger partial charge in [-0.1, -0.05) is 53.7 Å². The average Bonchev–Trinajstić information content (AvgIpc) is 2.98. The van der Waals surface area contributed by atoms with Crippen molar-refractivity contribution >= 4 is 55.1 Å². The fourth-order valence-corrected chi connectivity index (χ4v) is 5.14. The molecule has 0 unspecified atom stereocenters. The van der Waals surface area contributed by atoms with Crippen molar-refractivity contribution in [2.24, 2.45) is 5.16 Å². The largest absolute Gasteiger partial charge is 0.496 e. The molecule has 0 atom stereocenters. The molecule has 4 aromatic carbocycles. The SMILES string of the molecule is CCOC(=O)CO/N=C(/C(=O)Nc1ccccc1)c1cc(Br)c(Oc2ccc(OC)c(-c3ccccc3)c2)c(Br)c1. The first-order valence-electron chi connectivity index (χ1n) is 12.5. The van der Waals surface area contributed by atoms with Crippen LogP contribution in [0.4, 0.5) is 5.69 Å². The number of methoxy groups -OCH3 is 1. The molecule has 41 heavy (non-hydrogen) atoms. The third-order valence-electron chi connectivity index (χ3n) is 5.64. The second kappa shape index (κ2) is 14.5. The zero-order valence-corrected chi connectivity index (χ0v) is 25.4. The van der Waals surface area contributed by atoms with Crippen molar-refractivity contribution in [3.05, 3.63) is 106 Å². The molecule has 1 amide bonds. The molecule has 0 aromatic heterocycles. The number of benzene rings is 4. The minimum absolute atomic E-state index is 0.0538. The summed E-state index contributed by atoms with van der Waals surface area (Å²) >= 11 is 7.12. The van der Waals surface area contributed by atoms with E-state index in [1.807, 2.05) is 54.6 Å². The van der Waals surface area contributed by atoms with Gasteiger partial charge in [-0.05, 0) is 86.8 Å². The maximum atomic E-state index is 13.2. The van der Waals surface area contributed by atoms with Crippen LogP contribution >= 0.6 is 31.9 Å². The Balaban J connectivity index is 1.64. The van der Waals surface area contributed by atoms with E-state index in [9.17, 15) is 9.59 Å². The third kappa shape index (κ3) is 7.96. The smallest absolute Gasteiger partial charge is 0.347 e. The van der Waals surface area contributed by atoms with Gasteiger partial charge in [0, 0.05) is 16.8 Å². The van der Waals surface area contributed by atoms with E-state index >= 15 is 0 Å². The van der Waals surface area contributed by atoms with Crippen LogP contribution in [0, 0.1) is 0 Å². The van der Waals surface area contributed by atoms with Gasteiger partial charge in [-0.2, -0.15) is 0 Å². The Morgan fingerprint density at radius 1 is 0.878 bits per heavy atom. The quantitative estimate of drug-likeness (QED) is 0.0995. The number of hydrogen-bond donors (Lipinski definition) is 1. The molecule has 10 heteroatoms. The van der Waals surface area contributed by atoms with Crippen molar-refractivity contribution in [2.75, 3.05) is 25.6 Å². The van der Waals surface area contributed by atoms with E-state index in [1.165, 1.54) is 0 Å². The first-order chi connectivity index (χ1) is 19.9. The number of anilines is 1. The summed E-state index contributed by atoms with van der Waals surface area (Å²) in [6.07, 6.45) is 0. The lowest BCUT2D eigenvalue weighted by Gasteiger charge is -2.15. The molecular formula is C31H26Br2N2O6. The second-order valence-corrected chi connectivity index (χ2v) is 10.1. The number of oxime groups is 1. The number of ether oxygens (including phenoxy) is 3. The number of halogens is 2. The second-order valence-electron chi connectivity index (χ2n) is 8.44. The maximum absolute atomic E-state index is 13.2. The zero-order valence-electron chi connectivity index (χ0n) is 22.2. The molecule has 0 saturated heterocycles. The van der Waals surface area contributed by atoms with E-state index in [0.717, 1.165) is 11.1 Å². The molecule has 4 rings (SSSR count). The molecule has 0 saturated carbocycles. The van der Waals surface area contributed by atoms with Gasteiger partial charge in [0.25, 0.3) is 5.91 Å². The lowest BCUT2D eigenvalue weighted by Crippen LogP contribution is -2.25. The van der Waals surface area contributed by atoms with Gasteiger partial charge in [0.2, 0.25) is 6.61 Å². The number of nitrogens with one attached hydrogen (secondary N) is 1. The number of carbonyl (C=O) groups excluding carboxylic acids is 2. The standard InChI is InChI=1S/C31H26Br2N2O6/c1-3-39-28(36)19-40-35-29(31(37)34-22-12-8-5-9-13-22)21-16-25(32)30(26(33)17-21)41-23-14-15-27(38-2)24(18-23)20-10-6-4-7-11-20/h4-18H,3,19H2,1-2H3,(H,34,37)/b35-29+. The van der Waals surface area contributed by atoms with E-state index in [4.69, 9.17) is 19.0 Å². The third-order valence-corrected chi connectivity index (χ3v) is 6.82. The Labute approximate surface area is 254 Å². The first kappa shape index (κ1) is 29.8. The molecule has 0 aliphatic heterocycles. The van der Waals surface area contributed by atoms with Gasteiger partial charge >= 0.3 is 5.97 Å². The van der Waals surface area contributed by atoms with Gasteiger partial charge in [-0.25, -0.2) is 4.79 Å². The number of rotatable bonds is 11. The zero-order chi connectivity index (χ0) is 29.2. The molecule has 0 bridgehead atoms. The van der Waals surface area contributed by atoms with E-state index in [-0.39, 0.29) is 12.3 Å². The summed E-state index contributed by atoms with van der Waals surface area (Å²) in [7, 11) is 1.62. The molecule has 0 aliphatic rings. The summed E-state index contributed by atoms with van der Waals surface area (Å²) < 4.78 is 17.8. The number of amides is 1. The van der Waals surface area contributed by atoms with Crippen LogP contribution in [0.15, 0.2) is 105 Å². The summed E-state index contributed by atoms with van der Waals surface area (Å²) in [6, 6.07) is 27.7. The molecule has 0 fully saturated rings. The van der Waals surface area contributed by atoms with E-state index in [0.29, 0.717) is 37.4 Å². The lowest BCUT2D eigenvalue weighted by atomic mass is 10.0. The minimum Gasteiger partial charge on any atom is -0.496 e. The average molecular weight is 682 g/mol. The highest BCUT2D eigenvalue weighted by atomic mass is 79.9. The molecule has 210 valence electrons. The van der Waals surface area contributed by atoms with Crippen LogP contribution in [0.5, 0.6) is 17.2 Å². The van der Waals surface area contributed by atoms with Crippen molar-refractivity contribution in [2.45, 2.75) is 6.92 Å². The molecule has 0 aliphatic carbocycles. The first-order valence-corrected chi connectivity index (χ1v) is 14.1. The molecule has 1 N–H and O–H groups in total. The fourth-order valence-electron chi connectivity index (χ4n) is 3.80. The highest BCUT2D eigenvalue weighted by molar-refractivity contribution is 9.11. The Bertz CT molecular complexity index is 1520. The number of hydrogen-bond acceptors (Lipinski definition) is 7. The number of nitrogens with zero attached hydrogens (tertiary/aromatic N) is 1. The minimum atomic E-state index is -0.598. The van der Waals surface area contributed by atoms with Crippen LogP contribution in [-0.2, 0) is 19.2 Å². The number of carbonyl (C=O) groups is 2. The van der Waals surface area contributed by atoms with Crippen LogP contribution in [0.1, 0.15) is 12.5 Å². The summed E-state index contributed by atoms with van der Waals surface area (Å²) in [5, 5.41) is 6.77. The van der Waals surface area contributed by atoms with Gasteiger partial charge in [-0.3, -0.25) is 4.79 Å². The van der Waals surface area contributed by atoms with Crippen LogP contribution in [-0.4, -0.2) is 37.9 Å². The van der Waals surface area contributed by atoms with Crippen molar-refractivity contribution in [1.29, 1.82) is 0 Å². The predicted molar refractivity (Wildman–Crippen MR) is 165 cm³/mol. The molecular weight excluding hydrogens is 656 g/mol. The van der Waals surface area contributed by atoms with Crippen molar-refractivity contribution in [3.8, 4) is 28.4 Å². The lowest BCUT2D eigenvalue weighted by molar-refractivity contribution is -0.148. The van der Waals surface area contributed by atoms with Crippen LogP contribution in [0.2, 0.25) is 0 Å². The highest BCUT2D eigenvalue weighted by Crippen LogP contribution is 2.40. The van der Waals surface area contributed by atoms with E-state index < -0.39 is 18.5 Å². The highest BCUT2D eigenvalue weighted by Gasteiger charge is 2.21. The Hall–Kier alpha value is -4.15. The monoisotopic (exact) mass is 680 g/mol. The van der Waals surface area contributed by atoms with Crippen LogP contribution < -0.4 is 14.8 Å². The molecule has 4 aromatic rings. The van der Waals surface area contributed by atoms with Gasteiger partial charge in [0.05, 0.1) is 22.7 Å². The summed E-state index contributed by atoms with van der Waals surface area (Å²) in [4.78, 5) is 30.2. The summed E-state index contributed by atoms with van der Waals surface area (Å²) in [5.74, 6) is 0.639. The Morgan fingerprint density at radius 2 is 1.54 bits per heavy atom. The summed E-state index contributed by atoms with van der Waals surface area (Å²) in [5.41, 5.74) is 2.79. The fraction of sp³-hybridized carbons (Fsp3) is 0.129. The predicted octanol–water partition coefficient (Wildman–Crippen LogP) is 7.60. The molecule has 8 nitrogen and oxygen atoms in total. The molecule has 0 radical (unpaired) electrons. The van der Waals surface area contributed by atoms with Gasteiger partial charge < -0.3 is 24.4 Å².